The van der Waals surface area contributed by atoms with Crippen molar-refractivity contribution in [3.8, 4) is 0 Å². The lowest BCUT2D eigenvalue weighted by molar-refractivity contribution is 0.0384. The number of anilines is 1. The molecule has 1 aliphatic rings. The molecule has 2 aromatic heterocycles. The summed E-state index contributed by atoms with van der Waals surface area (Å²) in [6.07, 6.45) is 1.37. The van der Waals surface area contributed by atoms with Crippen LogP contribution < -0.4 is 10.6 Å². The molecular weight excluding hydrogens is 428 g/mol. The third-order valence-electron chi connectivity index (χ3n) is 4.88. The van der Waals surface area contributed by atoms with Gasteiger partial charge in [-0.15, -0.1) is 11.3 Å². The first-order valence-corrected chi connectivity index (χ1v) is 11.8. The average molecular weight is 461 g/mol. The Morgan fingerprint density at radius 3 is 2.69 bits per heavy atom. The molecule has 0 unspecified atom stereocenters. The fraction of sp³-hybridized carbons (Fsp3) is 0.522. The lowest BCUT2D eigenvalue weighted by Gasteiger charge is -2.26. The molecule has 0 aromatic carbocycles. The molecule has 2 aromatic rings. The van der Waals surface area contributed by atoms with E-state index in [4.69, 9.17) is 9.47 Å². The van der Waals surface area contributed by atoms with Crippen LogP contribution in [0.25, 0.3) is 0 Å². The number of pyridine rings is 1. The Morgan fingerprint density at radius 1 is 1.22 bits per heavy atom. The van der Waals surface area contributed by atoms with Crippen molar-refractivity contribution < 1.29 is 19.1 Å². The van der Waals surface area contributed by atoms with E-state index in [2.05, 4.69) is 20.5 Å². The summed E-state index contributed by atoms with van der Waals surface area (Å²) in [5.74, 6) is -0.0949. The predicted octanol–water partition coefficient (Wildman–Crippen LogP) is 3.34. The van der Waals surface area contributed by atoms with Gasteiger partial charge in [0.15, 0.2) is 5.78 Å². The molecule has 2 N–H and O–H groups in total. The van der Waals surface area contributed by atoms with Crippen LogP contribution in [0.5, 0.6) is 0 Å². The van der Waals surface area contributed by atoms with E-state index in [9.17, 15) is 9.59 Å². The maximum Gasteiger partial charge on any atom is 0.412 e. The molecule has 0 spiro atoms. The summed E-state index contributed by atoms with van der Waals surface area (Å²) in [4.78, 5) is 31.4. The fourth-order valence-corrected chi connectivity index (χ4v) is 4.02. The zero-order valence-electron chi connectivity index (χ0n) is 19.0. The maximum absolute atomic E-state index is 12.7. The van der Waals surface area contributed by atoms with Crippen molar-refractivity contribution in [2.45, 2.75) is 39.3 Å². The van der Waals surface area contributed by atoms with Crippen molar-refractivity contribution in [1.82, 2.24) is 15.2 Å². The van der Waals surface area contributed by atoms with Gasteiger partial charge in [-0.25, -0.2) is 4.79 Å². The molecule has 9 heteroatoms. The Kier molecular flexibility index (Phi) is 8.75. The third kappa shape index (κ3) is 7.98. The molecule has 1 fully saturated rings. The first-order chi connectivity index (χ1) is 15.3. The predicted molar refractivity (Wildman–Crippen MR) is 125 cm³/mol. The molecule has 0 radical (unpaired) electrons. The number of hydrogen-bond acceptors (Lipinski definition) is 8. The highest BCUT2D eigenvalue weighted by Crippen LogP contribution is 2.23. The molecule has 0 aliphatic carbocycles. The SMILES string of the molecule is CC(C)(C)OC(=O)Nc1cscc1CC(=O)c1ccc(CNCCN2CCOCC2)cn1. The summed E-state index contributed by atoms with van der Waals surface area (Å²) in [7, 11) is 0. The minimum atomic E-state index is -0.584. The van der Waals surface area contributed by atoms with Gasteiger partial charge in [0.25, 0.3) is 0 Å². The summed E-state index contributed by atoms with van der Waals surface area (Å²) in [6.45, 7) is 11.6. The summed E-state index contributed by atoms with van der Waals surface area (Å²) in [6, 6.07) is 3.68. The van der Waals surface area contributed by atoms with E-state index in [-0.39, 0.29) is 12.2 Å². The number of rotatable bonds is 9. The van der Waals surface area contributed by atoms with Crippen molar-refractivity contribution in [2.24, 2.45) is 0 Å². The molecule has 1 amide bonds. The summed E-state index contributed by atoms with van der Waals surface area (Å²) >= 11 is 1.43. The van der Waals surface area contributed by atoms with Crippen LogP contribution in [0.4, 0.5) is 10.5 Å². The Balaban J connectivity index is 1.46. The van der Waals surface area contributed by atoms with Gasteiger partial charge in [0, 0.05) is 50.7 Å². The number of nitrogens with one attached hydrogen (secondary N) is 2. The number of ether oxygens (including phenoxy) is 2. The van der Waals surface area contributed by atoms with Gasteiger partial charge < -0.3 is 14.8 Å². The van der Waals surface area contributed by atoms with Crippen molar-refractivity contribution in [2.75, 3.05) is 44.7 Å². The van der Waals surface area contributed by atoms with Crippen LogP contribution in [0, 0.1) is 0 Å². The zero-order chi connectivity index (χ0) is 23.0. The number of carbonyl (C=O) groups is 2. The minimum Gasteiger partial charge on any atom is -0.444 e. The molecule has 174 valence electrons. The summed E-state index contributed by atoms with van der Waals surface area (Å²) in [5.41, 5.74) is 2.21. The monoisotopic (exact) mass is 460 g/mol. The van der Waals surface area contributed by atoms with Crippen molar-refractivity contribution >= 4 is 28.9 Å². The molecule has 0 atom stereocenters. The van der Waals surface area contributed by atoms with Crippen LogP contribution >= 0.6 is 11.3 Å². The van der Waals surface area contributed by atoms with Gasteiger partial charge in [0.1, 0.15) is 11.3 Å². The van der Waals surface area contributed by atoms with Crippen molar-refractivity contribution in [3.05, 3.63) is 45.9 Å². The molecule has 3 rings (SSSR count). The number of Topliss-reactive ketones (excluding diaryl/α,β-unsaturated/α-hetero) is 1. The number of thiophene rings is 1. The van der Waals surface area contributed by atoms with E-state index in [1.807, 2.05) is 11.4 Å². The van der Waals surface area contributed by atoms with Crippen LogP contribution in [-0.2, 0) is 22.4 Å². The van der Waals surface area contributed by atoms with Gasteiger partial charge in [0.2, 0.25) is 0 Å². The van der Waals surface area contributed by atoms with E-state index >= 15 is 0 Å². The number of amides is 1. The molecule has 32 heavy (non-hydrogen) atoms. The average Bonchev–Trinajstić information content (AvgIpc) is 3.17. The number of morpholine rings is 1. The Hall–Kier alpha value is -2.33. The first kappa shape index (κ1) is 24.3. The highest BCUT2D eigenvalue weighted by Gasteiger charge is 2.19. The first-order valence-electron chi connectivity index (χ1n) is 10.8. The number of carbonyl (C=O) groups excluding carboxylic acids is 2. The minimum absolute atomic E-state index is 0.0949. The largest absolute Gasteiger partial charge is 0.444 e. The maximum atomic E-state index is 12.7. The lowest BCUT2D eigenvalue weighted by Crippen LogP contribution is -2.40. The topological polar surface area (TPSA) is 92.8 Å². The fourth-order valence-electron chi connectivity index (χ4n) is 3.24. The number of ketones is 1. The second-order valence-electron chi connectivity index (χ2n) is 8.72. The van der Waals surface area contributed by atoms with Gasteiger partial charge in [-0.3, -0.25) is 20.0 Å². The van der Waals surface area contributed by atoms with E-state index in [0.717, 1.165) is 50.5 Å². The molecule has 1 saturated heterocycles. The van der Waals surface area contributed by atoms with Crippen LogP contribution in [0.1, 0.15) is 42.4 Å². The smallest absolute Gasteiger partial charge is 0.412 e. The van der Waals surface area contributed by atoms with Gasteiger partial charge in [0.05, 0.1) is 18.9 Å². The van der Waals surface area contributed by atoms with Gasteiger partial charge in [-0.05, 0) is 43.3 Å². The normalized spacial score (nSPS) is 14.8. The molecule has 0 saturated carbocycles. The lowest BCUT2D eigenvalue weighted by atomic mass is 10.1. The van der Waals surface area contributed by atoms with Gasteiger partial charge in [-0.1, -0.05) is 6.07 Å². The van der Waals surface area contributed by atoms with E-state index in [1.54, 1.807) is 38.4 Å². The quantitative estimate of drug-likeness (QED) is 0.438. The van der Waals surface area contributed by atoms with Crippen LogP contribution in [0.2, 0.25) is 0 Å². The number of aromatic nitrogens is 1. The van der Waals surface area contributed by atoms with Gasteiger partial charge >= 0.3 is 6.09 Å². The standard InChI is InChI=1S/C23H32N4O4S/c1-23(2,3)31-22(29)26-20-16-32-15-18(20)12-21(28)19-5-4-17(14-25-19)13-24-6-7-27-8-10-30-11-9-27/h4-5,14-16,24H,6-13H2,1-3H3,(H,26,29). The highest BCUT2D eigenvalue weighted by atomic mass is 32.1. The van der Waals surface area contributed by atoms with Crippen LogP contribution in [0.15, 0.2) is 29.1 Å². The molecule has 0 bridgehead atoms. The molecule has 8 nitrogen and oxygen atoms in total. The van der Waals surface area contributed by atoms with Crippen LogP contribution in [0.3, 0.4) is 0 Å². The van der Waals surface area contributed by atoms with Crippen LogP contribution in [-0.4, -0.2) is 66.8 Å². The van der Waals surface area contributed by atoms with E-state index < -0.39 is 11.7 Å². The second-order valence-corrected chi connectivity index (χ2v) is 9.46. The van der Waals surface area contributed by atoms with E-state index in [0.29, 0.717) is 17.9 Å². The summed E-state index contributed by atoms with van der Waals surface area (Å²) < 4.78 is 10.6. The van der Waals surface area contributed by atoms with Crippen molar-refractivity contribution in [1.29, 1.82) is 0 Å². The number of nitrogens with zero attached hydrogens (tertiary/aromatic N) is 2. The zero-order valence-corrected chi connectivity index (χ0v) is 19.8. The number of hydrogen-bond donors (Lipinski definition) is 2. The van der Waals surface area contributed by atoms with Crippen molar-refractivity contribution in [3.63, 3.8) is 0 Å². The van der Waals surface area contributed by atoms with Gasteiger partial charge in [-0.2, -0.15) is 0 Å². The third-order valence-corrected chi connectivity index (χ3v) is 5.67. The van der Waals surface area contributed by atoms with E-state index in [1.165, 1.54) is 11.3 Å². The summed E-state index contributed by atoms with van der Waals surface area (Å²) in [5, 5.41) is 9.80. The Bertz CT molecular complexity index is 886. The molecular formula is C23H32N4O4S. The Morgan fingerprint density at radius 2 is 2.00 bits per heavy atom. The molecule has 3 heterocycles. The second kappa shape index (κ2) is 11.5. The highest BCUT2D eigenvalue weighted by molar-refractivity contribution is 7.08. The molecule has 1 aliphatic heterocycles. The Labute approximate surface area is 193 Å².